The minimum absolute atomic E-state index is 0.458. The third kappa shape index (κ3) is 2.46. The Kier molecular flexibility index (Phi) is 3.72. The molecular formula is C12H12Cl2N2O. The minimum Gasteiger partial charge on any atom is -0.382 e. The van der Waals surface area contributed by atoms with Crippen LogP contribution in [0.15, 0.2) is 30.5 Å². The van der Waals surface area contributed by atoms with Gasteiger partial charge in [0.1, 0.15) is 6.10 Å². The summed E-state index contributed by atoms with van der Waals surface area (Å²) in [6.45, 7) is 2.59. The number of rotatable bonds is 3. The summed E-state index contributed by atoms with van der Waals surface area (Å²) in [5.41, 5.74) is 1.30. The minimum atomic E-state index is -0.816. The average molecular weight is 271 g/mol. The predicted molar refractivity (Wildman–Crippen MR) is 68.4 cm³/mol. The molecule has 5 heteroatoms. The van der Waals surface area contributed by atoms with E-state index in [4.69, 9.17) is 23.2 Å². The molecule has 0 saturated heterocycles. The Hall–Kier alpha value is -1.03. The van der Waals surface area contributed by atoms with Gasteiger partial charge in [-0.25, -0.2) is 0 Å². The van der Waals surface area contributed by atoms with Gasteiger partial charge in [0.2, 0.25) is 0 Å². The summed E-state index contributed by atoms with van der Waals surface area (Å²) >= 11 is 11.9. The zero-order valence-corrected chi connectivity index (χ0v) is 10.8. The van der Waals surface area contributed by atoms with Crippen molar-refractivity contribution < 1.29 is 5.11 Å². The molecule has 90 valence electrons. The Morgan fingerprint density at radius 3 is 2.82 bits per heavy atom. The molecule has 3 nitrogen and oxygen atoms in total. The van der Waals surface area contributed by atoms with E-state index < -0.39 is 6.10 Å². The highest BCUT2D eigenvalue weighted by Crippen LogP contribution is 2.29. The van der Waals surface area contributed by atoms with E-state index in [1.54, 1.807) is 28.9 Å². The second-order valence-electron chi connectivity index (χ2n) is 3.65. The zero-order valence-electron chi connectivity index (χ0n) is 9.27. The molecule has 0 radical (unpaired) electrons. The van der Waals surface area contributed by atoms with E-state index in [2.05, 4.69) is 5.10 Å². The normalized spacial score (nSPS) is 12.7. The van der Waals surface area contributed by atoms with Gasteiger partial charge in [0, 0.05) is 11.6 Å². The summed E-state index contributed by atoms with van der Waals surface area (Å²) in [4.78, 5) is 0. The van der Waals surface area contributed by atoms with Crippen LogP contribution in [0.3, 0.4) is 0 Å². The molecule has 0 aliphatic rings. The Labute approximate surface area is 110 Å². The molecule has 0 spiro atoms. The second-order valence-corrected chi connectivity index (χ2v) is 4.49. The van der Waals surface area contributed by atoms with Gasteiger partial charge in [0.15, 0.2) is 0 Å². The molecule has 1 aromatic carbocycles. The largest absolute Gasteiger partial charge is 0.382 e. The standard InChI is InChI=1S/C12H12Cl2N2O/c1-2-16-11(10(14)7-15-16)12(17)8-4-3-5-9(13)6-8/h3-7,12,17H,2H2,1H3. The molecule has 0 aliphatic heterocycles. The van der Waals surface area contributed by atoms with Gasteiger partial charge in [-0.2, -0.15) is 5.10 Å². The Balaban J connectivity index is 2.43. The molecule has 1 atom stereocenters. The van der Waals surface area contributed by atoms with Crippen molar-refractivity contribution in [2.45, 2.75) is 19.6 Å². The SMILES string of the molecule is CCn1ncc(Cl)c1C(O)c1cccc(Cl)c1. The lowest BCUT2D eigenvalue weighted by Gasteiger charge is -2.13. The lowest BCUT2D eigenvalue weighted by Crippen LogP contribution is -2.09. The van der Waals surface area contributed by atoms with Gasteiger partial charge < -0.3 is 5.11 Å². The summed E-state index contributed by atoms with van der Waals surface area (Å²) in [5.74, 6) is 0. The third-order valence-electron chi connectivity index (χ3n) is 2.56. The number of benzene rings is 1. The number of hydrogen-bond acceptors (Lipinski definition) is 2. The van der Waals surface area contributed by atoms with Crippen molar-refractivity contribution in [3.63, 3.8) is 0 Å². The molecule has 0 aliphatic carbocycles. The molecule has 0 saturated carbocycles. The maximum atomic E-state index is 10.3. The Morgan fingerprint density at radius 1 is 1.41 bits per heavy atom. The zero-order chi connectivity index (χ0) is 12.4. The van der Waals surface area contributed by atoms with Crippen molar-refractivity contribution in [2.24, 2.45) is 0 Å². The van der Waals surface area contributed by atoms with E-state index in [9.17, 15) is 5.11 Å². The fourth-order valence-electron chi connectivity index (χ4n) is 1.73. The van der Waals surface area contributed by atoms with Crippen molar-refractivity contribution >= 4 is 23.2 Å². The first kappa shape index (κ1) is 12.4. The van der Waals surface area contributed by atoms with E-state index in [0.717, 1.165) is 0 Å². The molecule has 2 rings (SSSR count). The van der Waals surface area contributed by atoms with E-state index in [1.165, 1.54) is 6.20 Å². The summed E-state index contributed by atoms with van der Waals surface area (Å²) in [5, 5.41) is 15.4. The van der Waals surface area contributed by atoms with Crippen LogP contribution in [0, 0.1) is 0 Å². The number of aliphatic hydroxyl groups is 1. The van der Waals surface area contributed by atoms with Crippen LogP contribution in [-0.2, 0) is 6.54 Å². The van der Waals surface area contributed by atoms with E-state index in [0.29, 0.717) is 27.8 Å². The van der Waals surface area contributed by atoms with Crippen molar-refractivity contribution in [1.82, 2.24) is 9.78 Å². The molecule has 1 N–H and O–H groups in total. The highest BCUT2D eigenvalue weighted by molar-refractivity contribution is 6.31. The van der Waals surface area contributed by atoms with Crippen LogP contribution < -0.4 is 0 Å². The number of hydrogen-bond donors (Lipinski definition) is 1. The maximum Gasteiger partial charge on any atom is 0.122 e. The molecule has 1 aromatic heterocycles. The summed E-state index contributed by atoms with van der Waals surface area (Å²) in [6, 6.07) is 7.08. The molecule has 2 aromatic rings. The highest BCUT2D eigenvalue weighted by Gasteiger charge is 2.19. The highest BCUT2D eigenvalue weighted by atomic mass is 35.5. The van der Waals surface area contributed by atoms with Crippen LogP contribution in [0.5, 0.6) is 0 Å². The van der Waals surface area contributed by atoms with Crippen LogP contribution in [0.4, 0.5) is 0 Å². The molecule has 17 heavy (non-hydrogen) atoms. The first-order valence-corrected chi connectivity index (χ1v) is 6.03. The Bertz CT molecular complexity index is 525. The van der Waals surface area contributed by atoms with Gasteiger partial charge in [-0.15, -0.1) is 0 Å². The van der Waals surface area contributed by atoms with Crippen LogP contribution in [0.2, 0.25) is 10.0 Å². The summed E-state index contributed by atoms with van der Waals surface area (Å²) in [6.07, 6.45) is 0.720. The van der Waals surface area contributed by atoms with Crippen molar-refractivity contribution in [3.8, 4) is 0 Å². The number of halogens is 2. The van der Waals surface area contributed by atoms with Crippen LogP contribution >= 0.6 is 23.2 Å². The summed E-state index contributed by atoms with van der Waals surface area (Å²) < 4.78 is 1.67. The predicted octanol–water partition coefficient (Wildman–Crippen LogP) is 3.29. The number of nitrogens with zero attached hydrogens (tertiary/aromatic N) is 2. The quantitative estimate of drug-likeness (QED) is 0.930. The van der Waals surface area contributed by atoms with E-state index >= 15 is 0 Å². The molecular weight excluding hydrogens is 259 g/mol. The lowest BCUT2D eigenvalue weighted by atomic mass is 10.1. The summed E-state index contributed by atoms with van der Waals surface area (Å²) in [7, 11) is 0. The van der Waals surface area contributed by atoms with E-state index in [-0.39, 0.29) is 0 Å². The van der Waals surface area contributed by atoms with Crippen LogP contribution in [-0.4, -0.2) is 14.9 Å². The smallest absolute Gasteiger partial charge is 0.122 e. The van der Waals surface area contributed by atoms with Gasteiger partial charge in [0.05, 0.1) is 16.9 Å². The molecule has 0 bridgehead atoms. The topological polar surface area (TPSA) is 38.0 Å². The van der Waals surface area contributed by atoms with Crippen LogP contribution in [0.25, 0.3) is 0 Å². The fraction of sp³-hybridized carbons (Fsp3) is 0.250. The van der Waals surface area contributed by atoms with Crippen molar-refractivity contribution in [1.29, 1.82) is 0 Å². The van der Waals surface area contributed by atoms with Gasteiger partial charge >= 0.3 is 0 Å². The molecule has 1 unspecified atom stereocenters. The fourth-order valence-corrected chi connectivity index (χ4v) is 2.17. The van der Waals surface area contributed by atoms with Gasteiger partial charge in [-0.05, 0) is 24.6 Å². The number of aryl methyl sites for hydroxylation is 1. The van der Waals surface area contributed by atoms with Crippen molar-refractivity contribution in [2.75, 3.05) is 0 Å². The molecule has 0 fully saturated rings. The first-order chi connectivity index (χ1) is 8.13. The lowest BCUT2D eigenvalue weighted by molar-refractivity contribution is 0.208. The second kappa shape index (κ2) is 5.08. The van der Waals surface area contributed by atoms with Gasteiger partial charge in [-0.3, -0.25) is 4.68 Å². The number of aromatic nitrogens is 2. The third-order valence-corrected chi connectivity index (χ3v) is 3.08. The number of aliphatic hydroxyl groups excluding tert-OH is 1. The van der Waals surface area contributed by atoms with Gasteiger partial charge in [0.25, 0.3) is 0 Å². The monoisotopic (exact) mass is 270 g/mol. The van der Waals surface area contributed by atoms with Gasteiger partial charge in [-0.1, -0.05) is 35.3 Å². The van der Waals surface area contributed by atoms with Crippen molar-refractivity contribution in [3.05, 3.63) is 51.8 Å². The van der Waals surface area contributed by atoms with Crippen LogP contribution in [0.1, 0.15) is 24.3 Å². The molecule has 0 amide bonds. The average Bonchev–Trinajstić information content (AvgIpc) is 2.69. The van der Waals surface area contributed by atoms with E-state index in [1.807, 2.05) is 6.92 Å². The maximum absolute atomic E-state index is 10.3. The first-order valence-electron chi connectivity index (χ1n) is 5.28. The Morgan fingerprint density at radius 2 is 2.18 bits per heavy atom. The molecule has 1 heterocycles.